The highest BCUT2D eigenvalue weighted by Crippen LogP contribution is 2.47. The van der Waals surface area contributed by atoms with E-state index < -0.39 is 16.9 Å². The zero-order valence-corrected chi connectivity index (χ0v) is 23.5. The third-order valence-electron chi connectivity index (χ3n) is 9.55. The number of aliphatic carboxylic acids is 1. The molecular weight excluding hydrogens is 526 g/mol. The van der Waals surface area contributed by atoms with Crippen molar-refractivity contribution in [3.63, 3.8) is 0 Å². The largest absolute Gasteiger partial charge is 0.480 e. The lowest BCUT2D eigenvalue weighted by Gasteiger charge is -2.27. The van der Waals surface area contributed by atoms with Crippen LogP contribution in [0.1, 0.15) is 66.0 Å². The summed E-state index contributed by atoms with van der Waals surface area (Å²) >= 11 is 0. The van der Waals surface area contributed by atoms with E-state index in [2.05, 4.69) is 51.3 Å². The molecule has 7 rings (SSSR count). The van der Waals surface area contributed by atoms with Crippen molar-refractivity contribution in [1.82, 2.24) is 20.6 Å². The van der Waals surface area contributed by atoms with Gasteiger partial charge in [0.25, 0.3) is 0 Å². The molecule has 2 aromatic heterocycles. The van der Waals surface area contributed by atoms with Gasteiger partial charge in [0.15, 0.2) is 0 Å². The van der Waals surface area contributed by atoms with Crippen LogP contribution in [0.5, 0.6) is 0 Å². The molecule has 0 bridgehead atoms. The summed E-state index contributed by atoms with van der Waals surface area (Å²) in [6, 6.07) is 20.8. The van der Waals surface area contributed by atoms with Crippen LogP contribution in [0, 0.1) is 0 Å². The second-order valence-corrected chi connectivity index (χ2v) is 12.1. The lowest BCUT2D eigenvalue weighted by molar-refractivity contribution is -0.144. The minimum Gasteiger partial charge on any atom is -0.480 e. The normalized spacial score (nSPS) is 20.9. The summed E-state index contributed by atoms with van der Waals surface area (Å²) in [4.78, 5) is 34.3. The number of aromatic nitrogens is 2. The second-order valence-electron chi connectivity index (χ2n) is 12.1. The summed E-state index contributed by atoms with van der Waals surface area (Å²) in [7, 11) is 0. The van der Waals surface area contributed by atoms with Crippen molar-refractivity contribution in [3.05, 3.63) is 101 Å². The van der Waals surface area contributed by atoms with E-state index in [-0.39, 0.29) is 11.9 Å². The molecule has 4 N–H and O–H groups in total. The maximum Gasteiger partial charge on any atom is 0.323 e. The van der Waals surface area contributed by atoms with E-state index in [0.29, 0.717) is 44.6 Å². The monoisotopic (exact) mass is 561 g/mol. The van der Waals surface area contributed by atoms with Crippen molar-refractivity contribution < 1.29 is 14.7 Å². The Bertz CT molecular complexity index is 1670. The lowest BCUT2D eigenvalue weighted by atomic mass is 9.79. The standard InChI is InChI=1S/C34H35N5O3/c40-31-33(27-9-6-13-35-30(27)39-31)18-25-16-24-15-22(21-37-29(24)17-26(25)19-33)20-36-28(23-7-2-1-3-8-23)10-14-38-34(32(41)42)11-4-5-12-34/h1-3,6-9,13,15-17,21,28,36,38H,4-5,10-12,14,18-20H2,(H,41,42)(H,35,39,40)/t28-,33-/m0/s1. The molecule has 42 heavy (non-hydrogen) atoms. The van der Waals surface area contributed by atoms with Gasteiger partial charge in [-0.15, -0.1) is 0 Å². The number of amides is 1. The van der Waals surface area contributed by atoms with E-state index in [0.717, 1.165) is 41.3 Å². The predicted molar refractivity (Wildman–Crippen MR) is 161 cm³/mol. The molecule has 0 radical (unpaired) electrons. The topological polar surface area (TPSA) is 116 Å². The molecule has 0 unspecified atom stereocenters. The molecule has 0 saturated heterocycles. The lowest BCUT2D eigenvalue weighted by Crippen LogP contribution is -2.50. The van der Waals surface area contributed by atoms with Gasteiger partial charge in [-0.1, -0.05) is 49.2 Å². The van der Waals surface area contributed by atoms with Gasteiger partial charge >= 0.3 is 5.97 Å². The number of nitrogens with zero attached hydrogens (tertiary/aromatic N) is 2. The molecule has 2 atom stereocenters. The number of anilines is 1. The van der Waals surface area contributed by atoms with E-state index in [9.17, 15) is 14.7 Å². The average Bonchev–Trinajstić information content (AvgIpc) is 3.71. The Kier molecular flexibility index (Phi) is 6.75. The first-order valence-electron chi connectivity index (χ1n) is 14.9. The smallest absolute Gasteiger partial charge is 0.323 e. The van der Waals surface area contributed by atoms with Gasteiger partial charge in [-0.3, -0.25) is 14.6 Å². The fourth-order valence-electron chi connectivity index (χ4n) is 7.26. The molecule has 1 amide bonds. The highest BCUT2D eigenvalue weighted by molar-refractivity contribution is 6.06. The number of hydrogen-bond donors (Lipinski definition) is 4. The number of carbonyl (C=O) groups is 2. The minimum absolute atomic E-state index is 0.0259. The van der Waals surface area contributed by atoms with Gasteiger partial charge in [0.05, 0.1) is 10.9 Å². The fourth-order valence-corrected chi connectivity index (χ4v) is 7.26. The molecule has 3 heterocycles. The molecule has 1 spiro atoms. The SMILES string of the molecule is O=C(O)C1(NCC[C@H](NCc2cnc3cc4c(cc3c2)C[C@@]2(C4)C(=O)Nc3ncccc32)c2ccccc2)CCCC1. The number of carboxylic acid groups (broad SMARTS) is 1. The quantitative estimate of drug-likeness (QED) is 0.231. The number of carboxylic acids is 1. The molecular formula is C34H35N5O3. The highest BCUT2D eigenvalue weighted by atomic mass is 16.4. The maximum absolute atomic E-state index is 13.1. The molecule has 2 aliphatic carbocycles. The Labute approximate surface area is 245 Å². The summed E-state index contributed by atoms with van der Waals surface area (Å²) in [5.74, 6) is -0.0351. The molecule has 8 heteroatoms. The van der Waals surface area contributed by atoms with Crippen molar-refractivity contribution >= 4 is 28.6 Å². The van der Waals surface area contributed by atoms with Gasteiger partial charge in [0.1, 0.15) is 11.4 Å². The number of carbonyl (C=O) groups excluding carboxylic acids is 1. The molecule has 8 nitrogen and oxygen atoms in total. The average molecular weight is 562 g/mol. The maximum atomic E-state index is 13.1. The summed E-state index contributed by atoms with van der Waals surface area (Å²) in [5.41, 5.74) is 5.14. The Morgan fingerprint density at radius 1 is 1.00 bits per heavy atom. The highest BCUT2D eigenvalue weighted by Gasteiger charge is 2.51. The second kappa shape index (κ2) is 10.6. The third-order valence-corrected chi connectivity index (χ3v) is 9.55. The van der Waals surface area contributed by atoms with E-state index in [1.165, 1.54) is 16.7 Å². The number of fused-ring (bicyclic) bond motifs is 4. The summed E-state index contributed by atoms with van der Waals surface area (Å²) in [6.07, 6.45) is 9.01. The zero-order valence-electron chi connectivity index (χ0n) is 23.5. The van der Waals surface area contributed by atoms with E-state index in [1.807, 2.05) is 36.5 Å². The van der Waals surface area contributed by atoms with Gasteiger partial charge in [-0.2, -0.15) is 0 Å². The van der Waals surface area contributed by atoms with Crippen LogP contribution in [-0.4, -0.2) is 39.0 Å². The molecule has 4 aromatic rings. The Morgan fingerprint density at radius 2 is 1.79 bits per heavy atom. The summed E-state index contributed by atoms with van der Waals surface area (Å²) < 4.78 is 0. The van der Waals surface area contributed by atoms with Crippen LogP contribution < -0.4 is 16.0 Å². The zero-order chi connectivity index (χ0) is 28.7. The third kappa shape index (κ3) is 4.64. The molecule has 1 fully saturated rings. The van der Waals surface area contributed by atoms with E-state index in [4.69, 9.17) is 4.98 Å². The Balaban J connectivity index is 1.08. The van der Waals surface area contributed by atoms with Gasteiger partial charge in [-0.05, 0) is 85.2 Å². The van der Waals surface area contributed by atoms with Gasteiger partial charge in [-0.25, -0.2) is 4.98 Å². The first-order valence-corrected chi connectivity index (χ1v) is 14.9. The molecule has 1 saturated carbocycles. The van der Waals surface area contributed by atoms with Crippen LogP contribution in [0.15, 0.2) is 73.1 Å². The van der Waals surface area contributed by atoms with Crippen molar-refractivity contribution in [2.24, 2.45) is 0 Å². The van der Waals surface area contributed by atoms with Gasteiger partial charge < -0.3 is 21.1 Å². The van der Waals surface area contributed by atoms with Gasteiger partial charge in [0, 0.05) is 35.9 Å². The van der Waals surface area contributed by atoms with Crippen LogP contribution >= 0.6 is 0 Å². The summed E-state index contributed by atoms with van der Waals surface area (Å²) in [6.45, 7) is 1.25. The fraction of sp³-hybridized carbons (Fsp3) is 0.353. The van der Waals surface area contributed by atoms with Crippen LogP contribution in [-0.2, 0) is 34.4 Å². The van der Waals surface area contributed by atoms with Crippen LogP contribution in [0.25, 0.3) is 10.9 Å². The van der Waals surface area contributed by atoms with Crippen molar-refractivity contribution in [1.29, 1.82) is 0 Å². The van der Waals surface area contributed by atoms with Crippen LogP contribution in [0.4, 0.5) is 5.82 Å². The number of rotatable bonds is 9. The minimum atomic E-state index is -0.792. The predicted octanol–water partition coefficient (Wildman–Crippen LogP) is 4.83. The van der Waals surface area contributed by atoms with E-state index >= 15 is 0 Å². The first kappa shape index (κ1) is 26.7. The van der Waals surface area contributed by atoms with Crippen LogP contribution in [0.3, 0.4) is 0 Å². The molecule has 2 aromatic carbocycles. The summed E-state index contributed by atoms with van der Waals surface area (Å²) in [5, 5.41) is 21.0. The van der Waals surface area contributed by atoms with Crippen molar-refractivity contribution in [2.45, 2.75) is 68.5 Å². The Morgan fingerprint density at radius 3 is 2.57 bits per heavy atom. The molecule has 1 aliphatic heterocycles. The number of pyridine rings is 2. The number of benzene rings is 2. The first-order chi connectivity index (χ1) is 20.5. The van der Waals surface area contributed by atoms with Crippen molar-refractivity contribution in [2.75, 3.05) is 11.9 Å². The van der Waals surface area contributed by atoms with E-state index in [1.54, 1.807) is 6.20 Å². The van der Waals surface area contributed by atoms with Gasteiger partial charge in [0.2, 0.25) is 5.91 Å². The van der Waals surface area contributed by atoms with Crippen molar-refractivity contribution in [3.8, 4) is 0 Å². The number of hydrogen-bond acceptors (Lipinski definition) is 6. The number of nitrogens with one attached hydrogen (secondary N) is 3. The van der Waals surface area contributed by atoms with Crippen LogP contribution in [0.2, 0.25) is 0 Å². The molecule has 214 valence electrons. The molecule has 3 aliphatic rings. The Hall–Kier alpha value is -4.14.